The molecule has 1 unspecified atom stereocenters. The summed E-state index contributed by atoms with van der Waals surface area (Å²) in [6.45, 7) is 1.58. The van der Waals surface area contributed by atoms with Crippen LogP contribution in [0.15, 0.2) is 6.20 Å². The minimum absolute atomic E-state index is 0.322. The number of rotatable bonds is 1. The van der Waals surface area contributed by atoms with E-state index in [0.717, 1.165) is 35.4 Å². The van der Waals surface area contributed by atoms with Crippen molar-refractivity contribution in [3.8, 4) is 0 Å². The van der Waals surface area contributed by atoms with Gasteiger partial charge < -0.3 is 10.5 Å². The lowest BCUT2D eigenvalue weighted by Gasteiger charge is -2.20. The number of nitrogens with zero attached hydrogens (tertiary/aromatic N) is 2. The third-order valence-corrected chi connectivity index (χ3v) is 3.15. The average molecular weight is 305 g/mol. The van der Waals surface area contributed by atoms with Crippen molar-refractivity contribution in [2.75, 3.05) is 18.9 Å². The predicted octanol–water partition coefficient (Wildman–Crippen LogP) is 1.56. The Bertz CT molecular complexity index is 326. The van der Waals surface area contributed by atoms with Gasteiger partial charge in [0.15, 0.2) is 0 Å². The molecule has 1 fully saturated rings. The second-order valence-electron chi connectivity index (χ2n) is 3.38. The first-order chi connectivity index (χ1) is 6.77. The van der Waals surface area contributed by atoms with Gasteiger partial charge in [0, 0.05) is 18.7 Å². The fourth-order valence-electron chi connectivity index (χ4n) is 1.54. The maximum absolute atomic E-state index is 5.73. The van der Waals surface area contributed by atoms with Gasteiger partial charge in [-0.3, -0.25) is 0 Å². The highest BCUT2D eigenvalue weighted by Crippen LogP contribution is 2.23. The van der Waals surface area contributed by atoms with Gasteiger partial charge in [-0.05, 0) is 35.4 Å². The summed E-state index contributed by atoms with van der Waals surface area (Å²) in [5, 5.41) is 0. The van der Waals surface area contributed by atoms with Crippen LogP contribution in [0, 0.1) is 3.57 Å². The molecule has 1 aliphatic rings. The van der Waals surface area contributed by atoms with Gasteiger partial charge in [-0.25, -0.2) is 9.97 Å². The minimum Gasteiger partial charge on any atom is -0.383 e. The van der Waals surface area contributed by atoms with Crippen molar-refractivity contribution < 1.29 is 4.74 Å². The van der Waals surface area contributed by atoms with Crippen LogP contribution in [-0.2, 0) is 4.74 Å². The van der Waals surface area contributed by atoms with Gasteiger partial charge in [-0.1, -0.05) is 0 Å². The quantitative estimate of drug-likeness (QED) is 0.800. The normalized spacial score (nSPS) is 22.2. The number of hydrogen-bond acceptors (Lipinski definition) is 4. The third kappa shape index (κ3) is 2.14. The molecule has 2 heterocycles. The standard InChI is InChI=1S/C9H12IN3O/c10-7-4-12-9(13-8(7)11)6-2-1-3-14-5-6/h4,6H,1-3,5H2,(H2,11,12,13). The van der Waals surface area contributed by atoms with Crippen molar-refractivity contribution in [3.63, 3.8) is 0 Å². The molecule has 1 aromatic heterocycles. The van der Waals surface area contributed by atoms with E-state index in [1.54, 1.807) is 6.20 Å². The summed E-state index contributed by atoms with van der Waals surface area (Å²) >= 11 is 2.13. The van der Waals surface area contributed by atoms with Gasteiger partial charge in [0.05, 0.1) is 10.2 Å². The smallest absolute Gasteiger partial charge is 0.140 e. The fraction of sp³-hybridized carbons (Fsp3) is 0.556. The molecular formula is C9H12IN3O. The molecule has 0 amide bonds. The molecule has 5 heteroatoms. The van der Waals surface area contributed by atoms with Crippen molar-refractivity contribution in [1.82, 2.24) is 9.97 Å². The number of hydrogen-bond donors (Lipinski definition) is 1. The van der Waals surface area contributed by atoms with E-state index in [4.69, 9.17) is 10.5 Å². The minimum atomic E-state index is 0.322. The maximum atomic E-state index is 5.73. The van der Waals surface area contributed by atoms with E-state index in [9.17, 15) is 0 Å². The van der Waals surface area contributed by atoms with E-state index >= 15 is 0 Å². The zero-order chi connectivity index (χ0) is 9.97. The van der Waals surface area contributed by atoms with E-state index in [-0.39, 0.29) is 0 Å². The summed E-state index contributed by atoms with van der Waals surface area (Å²) in [5.74, 6) is 1.71. The highest BCUT2D eigenvalue weighted by Gasteiger charge is 2.19. The van der Waals surface area contributed by atoms with Crippen LogP contribution in [0.25, 0.3) is 0 Å². The SMILES string of the molecule is Nc1nc(C2CCCOC2)ncc1I. The predicted molar refractivity (Wildman–Crippen MR) is 62.0 cm³/mol. The summed E-state index contributed by atoms with van der Waals surface area (Å²) < 4.78 is 6.29. The third-order valence-electron chi connectivity index (χ3n) is 2.32. The van der Waals surface area contributed by atoms with Crippen LogP contribution in [0.5, 0.6) is 0 Å². The monoisotopic (exact) mass is 305 g/mol. The Balaban J connectivity index is 2.18. The lowest BCUT2D eigenvalue weighted by atomic mass is 10.0. The van der Waals surface area contributed by atoms with Crippen LogP contribution in [0.4, 0.5) is 5.82 Å². The van der Waals surface area contributed by atoms with E-state index in [1.807, 2.05) is 0 Å². The molecule has 0 aliphatic carbocycles. The van der Waals surface area contributed by atoms with Crippen molar-refractivity contribution in [2.24, 2.45) is 0 Å². The van der Waals surface area contributed by atoms with Gasteiger partial charge in [0.2, 0.25) is 0 Å². The Morgan fingerprint density at radius 3 is 3.07 bits per heavy atom. The van der Waals surface area contributed by atoms with Crippen LogP contribution in [-0.4, -0.2) is 23.2 Å². The molecular weight excluding hydrogens is 293 g/mol. The van der Waals surface area contributed by atoms with Gasteiger partial charge >= 0.3 is 0 Å². The van der Waals surface area contributed by atoms with E-state index in [1.165, 1.54) is 0 Å². The Morgan fingerprint density at radius 2 is 2.43 bits per heavy atom. The lowest BCUT2D eigenvalue weighted by molar-refractivity contribution is 0.0781. The maximum Gasteiger partial charge on any atom is 0.140 e. The van der Waals surface area contributed by atoms with Gasteiger partial charge in [-0.2, -0.15) is 0 Å². The van der Waals surface area contributed by atoms with Gasteiger partial charge in [0.25, 0.3) is 0 Å². The first-order valence-electron chi connectivity index (χ1n) is 4.63. The molecule has 76 valence electrons. The lowest BCUT2D eigenvalue weighted by Crippen LogP contribution is -2.18. The van der Waals surface area contributed by atoms with Crippen molar-refractivity contribution in [3.05, 3.63) is 15.6 Å². The Hall–Kier alpha value is -0.430. The number of ether oxygens (including phenoxy) is 1. The summed E-state index contributed by atoms with van der Waals surface area (Å²) in [5.41, 5.74) is 5.73. The number of anilines is 1. The molecule has 1 aromatic rings. The average Bonchev–Trinajstić information content (AvgIpc) is 2.23. The van der Waals surface area contributed by atoms with Gasteiger partial charge in [0.1, 0.15) is 11.6 Å². The molecule has 2 N–H and O–H groups in total. The van der Waals surface area contributed by atoms with Crippen molar-refractivity contribution >= 4 is 28.4 Å². The molecule has 1 atom stereocenters. The highest BCUT2D eigenvalue weighted by molar-refractivity contribution is 14.1. The second-order valence-corrected chi connectivity index (χ2v) is 4.54. The van der Waals surface area contributed by atoms with Crippen LogP contribution in [0.3, 0.4) is 0 Å². The van der Waals surface area contributed by atoms with E-state index < -0.39 is 0 Å². The molecule has 0 radical (unpaired) electrons. The van der Waals surface area contributed by atoms with Crippen molar-refractivity contribution in [2.45, 2.75) is 18.8 Å². The fourth-order valence-corrected chi connectivity index (χ4v) is 1.80. The molecule has 2 rings (SSSR count). The largest absolute Gasteiger partial charge is 0.383 e. The number of nitrogens with two attached hydrogens (primary N) is 1. The number of halogens is 1. The van der Waals surface area contributed by atoms with Crippen LogP contribution in [0.1, 0.15) is 24.6 Å². The topological polar surface area (TPSA) is 61.0 Å². The Kier molecular flexibility index (Phi) is 3.17. The molecule has 4 nitrogen and oxygen atoms in total. The first-order valence-corrected chi connectivity index (χ1v) is 5.71. The highest BCUT2D eigenvalue weighted by atomic mass is 127. The Labute approximate surface area is 96.4 Å². The van der Waals surface area contributed by atoms with Crippen LogP contribution in [0.2, 0.25) is 0 Å². The van der Waals surface area contributed by atoms with Gasteiger partial charge in [-0.15, -0.1) is 0 Å². The van der Waals surface area contributed by atoms with Crippen LogP contribution >= 0.6 is 22.6 Å². The molecule has 0 spiro atoms. The molecule has 14 heavy (non-hydrogen) atoms. The number of nitrogen functional groups attached to an aromatic ring is 1. The molecule has 1 saturated heterocycles. The molecule has 0 saturated carbocycles. The zero-order valence-corrected chi connectivity index (χ0v) is 9.90. The van der Waals surface area contributed by atoms with Crippen LogP contribution < -0.4 is 5.73 Å². The summed E-state index contributed by atoms with van der Waals surface area (Å²) in [6, 6.07) is 0. The van der Waals surface area contributed by atoms with E-state index in [0.29, 0.717) is 11.7 Å². The Morgan fingerprint density at radius 1 is 1.57 bits per heavy atom. The summed E-state index contributed by atoms with van der Waals surface area (Å²) in [7, 11) is 0. The zero-order valence-electron chi connectivity index (χ0n) is 7.74. The molecule has 0 aromatic carbocycles. The van der Waals surface area contributed by atoms with Crippen molar-refractivity contribution in [1.29, 1.82) is 0 Å². The summed E-state index contributed by atoms with van der Waals surface area (Å²) in [6.07, 6.45) is 3.95. The second kappa shape index (κ2) is 4.39. The molecule has 1 aliphatic heterocycles. The summed E-state index contributed by atoms with van der Waals surface area (Å²) in [4.78, 5) is 8.56. The first kappa shape index (κ1) is 10.1. The molecule has 0 bridgehead atoms. The number of aromatic nitrogens is 2. The van der Waals surface area contributed by atoms with E-state index in [2.05, 4.69) is 32.6 Å².